The Kier molecular flexibility index (Phi) is 3.05. The zero-order valence-corrected chi connectivity index (χ0v) is 8.50. The Morgan fingerprint density at radius 1 is 1.67 bits per heavy atom. The van der Waals surface area contributed by atoms with Crippen molar-refractivity contribution in [3.05, 3.63) is 22.3 Å². The van der Waals surface area contributed by atoms with E-state index in [0.717, 1.165) is 10.0 Å². The van der Waals surface area contributed by atoms with E-state index in [1.54, 1.807) is 26.3 Å². The second-order valence-corrected chi connectivity index (χ2v) is 3.28. The van der Waals surface area contributed by atoms with E-state index in [1.165, 1.54) is 0 Å². The van der Waals surface area contributed by atoms with E-state index in [9.17, 15) is 5.11 Å². The minimum Gasteiger partial charge on any atom is -0.481 e. The minimum absolute atomic E-state index is 0.508. The van der Waals surface area contributed by atoms with Gasteiger partial charge in [0.2, 0.25) is 5.88 Å². The van der Waals surface area contributed by atoms with E-state index in [0.29, 0.717) is 5.88 Å². The topological polar surface area (TPSA) is 42.4 Å². The summed E-state index contributed by atoms with van der Waals surface area (Å²) in [7, 11) is 1.54. The Morgan fingerprint density at radius 3 is 2.83 bits per heavy atom. The predicted octanol–water partition coefficient (Wildman–Crippen LogP) is 1.91. The third kappa shape index (κ3) is 1.95. The summed E-state index contributed by atoms with van der Waals surface area (Å²) in [6, 6.07) is 1.70. The number of aliphatic hydroxyl groups excluding tert-OH is 1. The summed E-state index contributed by atoms with van der Waals surface area (Å²) < 4.78 is 5.71. The maximum absolute atomic E-state index is 9.31. The van der Waals surface area contributed by atoms with Crippen LogP contribution in [0.4, 0.5) is 0 Å². The van der Waals surface area contributed by atoms with Gasteiger partial charge in [0, 0.05) is 22.3 Å². The number of hydrogen-bond donors (Lipinski definition) is 1. The van der Waals surface area contributed by atoms with Crippen LogP contribution in [0, 0.1) is 0 Å². The lowest BCUT2D eigenvalue weighted by molar-refractivity contribution is 0.197. The summed E-state index contributed by atoms with van der Waals surface area (Å²) in [4.78, 5) is 3.96. The highest BCUT2D eigenvalue weighted by molar-refractivity contribution is 9.10. The van der Waals surface area contributed by atoms with Gasteiger partial charge in [-0.2, -0.15) is 0 Å². The van der Waals surface area contributed by atoms with Gasteiger partial charge in [-0.05, 0) is 22.9 Å². The van der Waals surface area contributed by atoms with E-state index in [-0.39, 0.29) is 0 Å². The lowest BCUT2D eigenvalue weighted by Crippen LogP contribution is -1.95. The van der Waals surface area contributed by atoms with Crippen LogP contribution in [0.25, 0.3) is 0 Å². The molecule has 0 saturated heterocycles. The van der Waals surface area contributed by atoms with Gasteiger partial charge < -0.3 is 9.84 Å². The number of ether oxygens (including phenoxy) is 1. The number of nitrogens with zero attached hydrogens (tertiary/aromatic N) is 1. The lowest BCUT2D eigenvalue weighted by Gasteiger charge is -2.08. The first-order valence-corrected chi connectivity index (χ1v) is 4.32. The molecule has 3 nitrogen and oxygen atoms in total. The molecule has 0 radical (unpaired) electrons. The number of rotatable bonds is 2. The maximum Gasteiger partial charge on any atom is 0.213 e. The first kappa shape index (κ1) is 9.48. The van der Waals surface area contributed by atoms with Crippen molar-refractivity contribution < 1.29 is 9.84 Å². The van der Waals surface area contributed by atoms with Crippen molar-refractivity contribution >= 4 is 15.9 Å². The quantitative estimate of drug-likeness (QED) is 0.846. The normalized spacial score (nSPS) is 12.7. The van der Waals surface area contributed by atoms with Crippen LogP contribution in [-0.2, 0) is 0 Å². The first-order chi connectivity index (χ1) is 5.65. The summed E-state index contributed by atoms with van der Waals surface area (Å²) >= 11 is 3.28. The van der Waals surface area contributed by atoms with E-state index >= 15 is 0 Å². The molecule has 1 aromatic rings. The van der Waals surface area contributed by atoms with Gasteiger partial charge in [-0.1, -0.05) is 0 Å². The molecule has 0 fully saturated rings. The molecule has 66 valence electrons. The van der Waals surface area contributed by atoms with E-state index in [4.69, 9.17) is 4.74 Å². The fourth-order valence-corrected chi connectivity index (χ4v) is 1.41. The molecular weight excluding hydrogens is 222 g/mol. The number of hydrogen-bond acceptors (Lipinski definition) is 3. The number of methoxy groups -OCH3 is 1. The summed E-state index contributed by atoms with van der Waals surface area (Å²) in [5.74, 6) is 0.508. The lowest BCUT2D eigenvalue weighted by atomic mass is 10.2. The maximum atomic E-state index is 9.31. The summed E-state index contributed by atoms with van der Waals surface area (Å²) in [6.07, 6.45) is 1.09. The second kappa shape index (κ2) is 3.87. The molecule has 1 rings (SSSR count). The highest BCUT2D eigenvalue weighted by atomic mass is 79.9. The third-order valence-corrected chi connectivity index (χ3v) is 2.18. The van der Waals surface area contributed by atoms with Gasteiger partial charge in [0.05, 0.1) is 13.2 Å². The Hall–Kier alpha value is -0.610. The van der Waals surface area contributed by atoms with Crippen molar-refractivity contribution in [1.29, 1.82) is 0 Å². The van der Waals surface area contributed by atoms with Crippen LogP contribution in [0.1, 0.15) is 18.6 Å². The van der Waals surface area contributed by atoms with Crippen molar-refractivity contribution in [3.63, 3.8) is 0 Å². The average molecular weight is 232 g/mol. The Morgan fingerprint density at radius 2 is 2.33 bits per heavy atom. The molecule has 0 unspecified atom stereocenters. The summed E-state index contributed by atoms with van der Waals surface area (Å²) in [6.45, 7) is 1.69. The molecule has 0 aliphatic rings. The second-order valence-electron chi connectivity index (χ2n) is 2.42. The molecule has 0 aliphatic carbocycles. The van der Waals surface area contributed by atoms with Gasteiger partial charge in [-0.15, -0.1) is 0 Å². The van der Waals surface area contributed by atoms with Gasteiger partial charge in [0.25, 0.3) is 0 Å². The molecule has 0 spiro atoms. The average Bonchev–Trinajstić information content (AvgIpc) is 2.05. The number of halogens is 1. The third-order valence-electron chi connectivity index (χ3n) is 1.52. The molecule has 0 aliphatic heterocycles. The number of pyridine rings is 1. The molecular formula is C8H10BrNO2. The van der Waals surface area contributed by atoms with Crippen LogP contribution in [0.15, 0.2) is 16.7 Å². The van der Waals surface area contributed by atoms with Crippen LogP contribution in [0.2, 0.25) is 0 Å². The fourth-order valence-electron chi connectivity index (χ4n) is 0.866. The fraction of sp³-hybridized carbons (Fsp3) is 0.375. The molecule has 0 bridgehead atoms. The molecule has 0 amide bonds. The number of aromatic nitrogens is 1. The molecule has 1 heterocycles. The molecule has 1 atom stereocenters. The zero-order valence-electron chi connectivity index (χ0n) is 6.91. The molecule has 0 aromatic carbocycles. The van der Waals surface area contributed by atoms with Crippen molar-refractivity contribution in [2.75, 3.05) is 7.11 Å². The summed E-state index contributed by atoms with van der Waals surface area (Å²) in [5.41, 5.74) is 0.779. The van der Waals surface area contributed by atoms with Crippen LogP contribution in [-0.4, -0.2) is 17.2 Å². The highest BCUT2D eigenvalue weighted by Gasteiger charge is 2.07. The smallest absolute Gasteiger partial charge is 0.213 e. The molecule has 1 aromatic heterocycles. The molecule has 1 N–H and O–H groups in total. The Balaban J connectivity index is 3.08. The number of aliphatic hydroxyl groups is 1. The SMILES string of the molecule is COc1cc([C@@H](C)O)c(Br)cn1. The highest BCUT2D eigenvalue weighted by Crippen LogP contribution is 2.25. The van der Waals surface area contributed by atoms with Crippen molar-refractivity contribution in [1.82, 2.24) is 4.98 Å². The van der Waals surface area contributed by atoms with Gasteiger partial charge in [0.15, 0.2) is 0 Å². The van der Waals surface area contributed by atoms with Gasteiger partial charge >= 0.3 is 0 Å². The predicted molar refractivity (Wildman–Crippen MR) is 49.1 cm³/mol. The standard InChI is InChI=1S/C8H10BrNO2/c1-5(11)6-3-8(12-2)10-4-7(6)9/h3-5,11H,1-2H3/t5-/m1/s1. The van der Waals surface area contributed by atoms with Crippen LogP contribution in [0.3, 0.4) is 0 Å². The zero-order chi connectivity index (χ0) is 9.14. The van der Waals surface area contributed by atoms with Crippen LogP contribution < -0.4 is 4.74 Å². The minimum atomic E-state index is -0.517. The van der Waals surface area contributed by atoms with E-state index in [2.05, 4.69) is 20.9 Å². The molecule has 4 heteroatoms. The van der Waals surface area contributed by atoms with Gasteiger partial charge in [0.1, 0.15) is 0 Å². The summed E-state index contributed by atoms with van der Waals surface area (Å²) in [5, 5.41) is 9.31. The largest absolute Gasteiger partial charge is 0.481 e. The van der Waals surface area contributed by atoms with E-state index < -0.39 is 6.10 Å². The van der Waals surface area contributed by atoms with Crippen LogP contribution >= 0.6 is 15.9 Å². The first-order valence-electron chi connectivity index (χ1n) is 3.52. The van der Waals surface area contributed by atoms with Gasteiger partial charge in [-0.25, -0.2) is 4.98 Å². The van der Waals surface area contributed by atoms with Crippen molar-refractivity contribution in [2.24, 2.45) is 0 Å². The molecule has 0 saturated carbocycles. The van der Waals surface area contributed by atoms with E-state index in [1.807, 2.05) is 0 Å². The Labute approximate surface area is 79.5 Å². The molecule has 12 heavy (non-hydrogen) atoms. The van der Waals surface area contributed by atoms with Gasteiger partial charge in [-0.3, -0.25) is 0 Å². The monoisotopic (exact) mass is 231 g/mol. The van der Waals surface area contributed by atoms with Crippen molar-refractivity contribution in [3.8, 4) is 5.88 Å². The van der Waals surface area contributed by atoms with Crippen molar-refractivity contribution in [2.45, 2.75) is 13.0 Å². The Bertz CT molecular complexity index is 276. The van der Waals surface area contributed by atoms with Crippen LogP contribution in [0.5, 0.6) is 5.88 Å².